The highest BCUT2D eigenvalue weighted by atomic mass is 19.1. The number of benzene rings is 3. The fourth-order valence-electron chi connectivity index (χ4n) is 4.42. The number of carboxylic acids is 2. The van der Waals surface area contributed by atoms with Gasteiger partial charge in [0.2, 0.25) is 0 Å². The quantitative estimate of drug-likeness (QED) is 0.432. The molecule has 2 aliphatic heterocycles. The van der Waals surface area contributed by atoms with Gasteiger partial charge < -0.3 is 24.8 Å². The van der Waals surface area contributed by atoms with E-state index in [-0.39, 0.29) is 12.4 Å². The normalized spacial score (nSPS) is 15.6. The lowest BCUT2D eigenvalue weighted by Gasteiger charge is -2.28. The molecule has 0 spiro atoms. The molecule has 0 saturated carbocycles. The largest absolute Gasteiger partial charge is 0.493 e. The number of fused-ring (bicyclic) bond motifs is 2. The molecule has 0 saturated heterocycles. The van der Waals surface area contributed by atoms with Gasteiger partial charge >= 0.3 is 11.9 Å². The van der Waals surface area contributed by atoms with Crippen LogP contribution in [0.1, 0.15) is 17.5 Å². The maximum absolute atomic E-state index is 13.4. The van der Waals surface area contributed by atoms with E-state index in [1.54, 1.807) is 6.07 Å². The molecule has 9 heteroatoms. The Morgan fingerprint density at radius 3 is 2.51 bits per heavy atom. The second-order valence-corrected chi connectivity index (χ2v) is 8.85. The number of hydrogen-bond acceptors (Lipinski definition) is 6. The van der Waals surface area contributed by atoms with E-state index < -0.39 is 18.0 Å². The van der Waals surface area contributed by atoms with Gasteiger partial charge in [-0.1, -0.05) is 30.3 Å². The van der Waals surface area contributed by atoms with E-state index in [0.29, 0.717) is 13.2 Å². The first-order chi connectivity index (χ1) is 17.8. The molecule has 8 nitrogen and oxygen atoms in total. The lowest BCUT2D eigenvalue weighted by molar-refractivity contribution is -0.159. The van der Waals surface area contributed by atoms with Crippen molar-refractivity contribution in [1.29, 1.82) is 0 Å². The average molecular weight is 510 g/mol. The zero-order chi connectivity index (χ0) is 26.4. The summed E-state index contributed by atoms with van der Waals surface area (Å²) in [6, 6.07) is 16.9. The van der Waals surface area contributed by atoms with Crippen molar-refractivity contribution < 1.29 is 38.8 Å². The highest BCUT2D eigenvalue weighted by Crippen LogP contribution is 2.33. The van der Waals surface area contributed by atoms with Crippen LogP contribution in [0.25, 0.3) is 16.3 Å². The Morgan fingerprint density at radius 1 is 1.03 bits per heavy atom. The summed E-state index contributed by atoms with van der Waals surface area (Å²) in [5.74, 6) is -2.16. The van der Waals surface area contributed by atoms with Crippen molar-refractivity contribution in [2.75, 3.05) is 32.8 Å². The molecule has 3 aromatic carbocycles. The minimum absolute atomic E-state index is 0.208. The summed E-state index contributed by atoms with van der Waals surface area (Å²) in [4.78, 5) is 20.4. The summed E-state index contributed by atoms with van der Waals surface area (Å²) >= 11 is 0. The third-order valence-corrected chi connectivity index (χ3v) is 6.25. The summed E-state index contributed by atoms with van der Waals surface area (Å²) in [6.45, 7) is 3.22. The van der Waals surface area contributed by atoms with Crippen LogP contribution in [0.15, 0.2) is 60.7 Å². The topological polar surface area (TPSA) is 117 Å². The third kappa shape index (κ3) is 6.84. The molecule has 1 atom stereocenters. The molecular weight excluding hydrogens is 481 g/mol. The van der Waals surface area contributed by atoms with Crippen LogP contribution in [-0.4, -0.2) is 71.1 Å². The maximum Gasteiger partial charge on any atom is 0.414 e. The maximum atomic E-state index is 13.4. The van der Waals surface area contributed by atoms with E-state index in [4.69, 9.17) is 29.3 Å². The summed E-state index contributed by atoms with van der Waals surface area (Å²) in [6.07, 6.45) is 3.45. The van der Waals surface area contributed by atoms with Crippen LogP contribution in [0.5, 0.6) is 11.5 Å². The highest BCUT2D eigenvalue weighted by Gasteiger charge is 2.20. The first-order valence-electron chi connectivity index (χ1n) is 11.9. The van der Waals surface area contributed by atoms with Gasteiger partial charge in [-0.25, -0.2) is 14.0 Å². The fraction of sp³-hybridized carbons (Fsp3) is 0.286. The van der Waals surface area contributed by atoms with Crippen LogP contribution in [0.3, 0.4) is 0 Å². The Labute approximate surface area is 213 Å². The molecular formula is C28H28FNO7. The first kappa shape index (κ1) is 26.1. The molecule has 2 heterocycles. The molecule has 3 aromatic rings. The molecule has 0 bridgehead atoms. The summed E-state index contributed by atoms with van der Waals surface area (Å²) < 4.78 is 24.9. The Bertz CT molecular complexity index is 1310. The third-order valence-electron chi connectivity index (χ3n) is 6.25. The Hall–Kier alpha value is -3.95. The molecule has 194 valence electrons. The smallest absolute Gasteiger partial charge is 0.414 e. The lowest BCUT2D eigenvalue weighted by atomic mass is 9.96. The lowest BCUT2D eigenvalue weighted by Crippen LogP contribution is -2.38. The molecule has 5 rings (SSSR count). The SMILES string of the molecule is O=C(O)C(=O)O.O[C@H](COc1cccc2c1CCO2)CN1CC=C(c2ccc3cc(F)ccc3c2)CC1. The average Bonchev–Trinajstić information content (AvgIpc) is 3.38. The van der Waals surface area contributed by atoms with Crippen LogP contribution in [0.2, 0.25) is 0 Å². The predicted molar refractivity (Wildman–Crippen MR) is 135 cm³/mol. The van der Waals surface area contributed by atoms with E-state index in [0.717, 1.165) is 53.8 Å². The molecule has 0 amide bonds. The van der Waals surface area contributed by atoms with E-state index in [2.05, 4.69) is 23.1 Å². The van der Waals surface area contributed by atoms with Crippen molar-refractivity contribution in [2.45, 2.75) is 18.9 Å². The number of β-amino-alcohol motifs (C(OH)–C–C–N with tert-alkyl or cyclic N) is 1. The van der Waals surface area contributed by atoms with Crippen LogP contribution >= 0.6 is 0 Å². The Morgan fingerprint density at radius 2 is 1.78 bits per heavy atom. The summed E-state index contributed by atoms with van der Waals surface area (Å²) in [5.41, 5.74) is 3.58. The first-order valence-corrected chi connectivity index (χ1v) is 11.9. The van der Waals surface area contributed by atoms with Crippen molar-refractivity contribution in [3.63, 3.8) is 0 Å². The van der Waals surface area contributed by atoms with Gasteiger partial charge in [-0.3, -0.25) is 4.90 Å². The van der Waals surface area contributed by atoms with Gasteiger partial charge in [0.05, 0.1) is 6.61 Å². The van der Waals surface area contributed by atoms with E-state index >= 15 is 0 Å². The van der Waals surface area contributed by atoms with Crippen molar-refractivity contribution in [3.05, 3.63) is 77.6 Å². The van der Waals surface area contributed by atoms with Gasteiger partial charge in [0.1, 0.15) is 30.0 Å². The van der Waals surface area contributed by atoms with E-state index in [1.165, 1.54) is 17.2 Å². The second kappa shape index (κ2) is 11.9. The van der Waals surface area contributed by atoms with Crippen LogP contribution in [-0.2, 0) is 16.0 Å². The predicted octanol–water partition coefficient (Wildman–Crippen LogP) is 3.60. The Balaban J connectivity index is 0.000000480. The number of carbonyl (C=O) groups is 2. The molecule has 0 radical (unpaired) electrons. The number of aliphatic carboxylic acids is 2. The molecule has 3 N–H and O–H groups in total. The molecule has 37 heavy (non-hydrogen) atoms. The Kier molecular flexibility index (Phi) is 8.37. The van der Waals surface area contributed by atoms with Gasteiger partial charge in [0.25, 0.3) is 0 Å². The van der Waals surface area contributed by atoms with Crippen LogP contribution in [0.4, 0.5) is 4.39 Å². The summed E-state index contributed by atoms with van der Waals surface area (Å²) in [7, 11) is 0. The van der Waals surface area contributed by atoms with Crippen LogP contribution < -0.4 is 9.47 Å². The van der Waals surface area contributed by atoms with Crippen molar-refractivity contribution in [1.82, 2.24) is 4.90 Å². The van der Waals surface area contributed by atoms with Crippen molar-refractivity contribution >= 4 is 28.3 Å². The molecule has 0 unspecified atom stereocenters. The zero-order valence-corrected chi connectivity index (χ0v) is 20.1. The number of hydrogen-bond donors (Lipinski definition) is 3. The monoisotopic (exact) mass is 509 g/mol. The van der Waals surface area contributed by atoms with E-state index in [9.17, 15) is 9.50 Å². The molecule has 2 aliphatic rings. The van der Waals surface area contributed by atoms with E-state index in [1.807, 2.05) is 30.3 Å². The zero-order valence-electron chi connectivity index (χ0n) is 20.1. The van der Waals surface area contributed by atoms with Gasteiger partial charge in [-0.05, 0) is 58.7 Å². The van der Waals surface area contributed by atoms with Crippen molar-refractivity contribution in [3.8, 4) is 11.5 Å². The number of carboxylic acid groups (broad SMARTS) is 2. The minimum atomic E-state index is -1.82. The van der Waals surface area contributed by atoms with Gasteiger partial charge in [-0.2, -0.15) is 0 Å². The van der Waals surface area contributed by atoms with Gasteiger partial charge in [0.15, 0.2) is 0 Å². The number of halogens is 1. The number of aliphatic hydroxyl groups is 1. The second-order valence-electron chi connectivity index (χ2n) is 8.85. The number of nitrogens with zero attached hydrogens (tertiary/aromatic N) is 1. The number of rotatable bonds is 6. The molecule has 0 aromatic heterocycles. The fourth-order valence-corrected chi connectivity index (χ4v) is 4.42. The van der Waals surface area contributed by atoms with Crippen LogP contribution in [0, 0.1) is 5.82 Å². The minimum Gasteiger partial charge on any atom is -0.493 e. The van der Waals surface area contributed by atoms with Crippen molar-refractivity contribution in [2.24, 2.45) is 0 Å². The summed E-state index contributed by atoms with van der Waals surface area (Å²) in [5, 5.41) is 27.2. The van der Waals surface area contributed by atoms with Gasteiger partial charge in [0, 0.05) is 31.6 Å². The number of aliphatic hydroxyl groups excluding tert-OH is 1. The molecule has 0 fully saturated rings. The van der Waals surface area contributed by atoms with Gasteiger partial charge in [-0.15, -0.1) is 0 Å². The highest BCUT2D eigenvalue weighted by molar-refractivity contribution is 6.27. The standard InChI is InChI=1S/C26H26FNO3.C2H2O4/c27-22-7-6-20-14-19(4-5-21(20)15-22)18-8-11-28(12-9-18)16-23(29)17-31-26-3-1-2-25-24(26)10-13-30-25;3-1(4)2(5)6/h1-8,14-15,23,29H,9-13,16-17H2;(H,3,4)(H,5,6)/t23-;/m0./s1. The number of ether oxygens (including phenoxy) is 2. The molecule has 0 aliphatic carbocycles.